The maximum atomic E-state index is 5.80. The van der Waals surface area contributed by atoms with Crippen LogP contribution >= 0.6 is 0 Å². The summed E-state index contributed by atoms with van der Waals surface area (Å²) >= 11 is 0. The largest absolute Gasteiger partial charge is 0.476 e. The molecule has 1 aliphatic rings. The summed E-state index contributed by atoms with van der Waals surface area (Å²) in [5.41, 5.74) is 1.000. The van der Waals surface area contributed by atoms with Gasteiger partial charge in [0, 0.05) is 18.0 Å². The number of rotatable bonds is 4. The highest BCUT2D eigenvalue weighted by atomic mass is 16.5. The van der Waals surface area contributed by atoms with Gasteiger partial charge < -0.3 is 4.74 Å². The van der Waals surface area contributed by atoms with Gasteiger partial charge in [0.1, 0.15) is 6.61 Å². The van der Waals surface area contributed by atoms with Crippen LogP contribution < -0.4 is 4.74 Å². The van der Waals surface area contributed by atoms with E-state index in [0.717, 1.165) is 29.9 Å². The fraction of sp³-hybridized carbons (Fsp3) is 0.471. The van der Waals surface area contributed by atoms with E-state index in [1.807, 2.05) is 24.3 Å². The molecule has 0 atom stereocenters. The van der Waals surface area contributed by atoms with Crippen molar-refractivity contribution in [2.24, 2.45) is 0 Å². The summed E-state index contributed by atoms with van der Waals surface area (Å²) in [6.07, 6.45) is 5.41. The summed E-state index contributed by atoms with van der Waals surface area (Å²) in [6.45, 7) is 4.17. The zero-order valence-electron chi connectivity index (χ0n) is 11.9. The van der Waals surface area contributed by atoms with Gasteiger partial charge in [0.2, 0.25) is 5.88 Å². The van der Waals surface area contributed by atoms with Crippen LogP contribution in [0.1, 0.15) is 25.7 Å². The molecule has 0 radical (unpaired) electrons. The standard InChI is InChI=1S/C17H22N2O/c1-2-6-12-19(11-5-1)13-14-20-17-10-9-15-7-3-4-8-16(15)18-17/h3-4,7-10H,1-2,5-6,11-14H2. The maximum Gasteiger partial charge on any atom is 0.213 e. The molecule has 1 saturated heterocycles. The van der Waals surface area contributed by atoms with Crippen molar-refractivity contribution in [2.75, 3.05) is 26.2 Å². The average Bonchev–Trinajstić information content (AvgIpc) is 2.76. The first-order valence-electron chi connectivity index (χ1n) is 7.63. The molecule has 0 bridgehead atoms. The normalized spacial score (nSPS) is 17.0. The minimum Gasteiger partial charge on any atom is -0.476 e. The third-order valence-corrected chi connectivity index (χ3v) is 3.93. The molecule has 1 aromatic carbocycles. The molecule has 0 saturated carbocycles. The zero-order valence-corrected chi connectivity index (χ0v) is 11.9. The third-order valence-electron chi connectivity index (χ3n) is 3.93. The Morgan fingerprint density at radius 2 is 1.75 bits per heavy atom. The van der Waals surface area contributed by atoms with Crippen LogP contribution in [0.15, 0.2) is 36.4 Å². The Bertz CT molecular complexity index is 547. The summed E-state index contributed by atoms with van der Waals surface area (Å²) in [7, 11) is 0. The molecule has 20 heavy (non-hydrogen) atoms. The van der Waals surface area contributed by atoms with E-state index < -0.39 is 0 Å². The van der Waals surface area contributed by atoms with Crippen LogP contribution in [0.25, 0.3) is 10.9 Å². The molecule has 106 valence electrons. The number of aromatic nitrogens is 1. The number of nitrogens with zero attached hydrogens (tertiary/aromatic N) is 2. The predicted molar refractivity (Wildman–Crippen MR) is 82.1 cm³/mol. The van der Waals surface area contributed by atoms with Gasteiger partial charge in [-0.2, -0.15) is 0 Å². The number of hydrogen-bond acceptors (Lipinski definition) is 3. The fourth-order valence-corrected chi connectivity index (χ4v) is 2.77. The second-order valence-corrected chi connectivity index (χ2v) is 5.45. The summed E-state index contributed by atoms with van der Waals surface area (Å²) in [5, 5.41) is 1.16. The van der Waals surface area contributed by atoms with E-state index in [1.165, 1.54) is 38.8 Å². The van der Waals surface area contributed by atoms with Gasteiger partial charge in [-0.3, -0.25) is 4.90 Å². The van der Waals surface area contributed by atoms with Crippen molar-refractivity contribution in [2.45, 2.75) is 25.7 Å². The summed E-state index contributed by atoms with van der Waals surface area (Å²) in [4.78, 5) is 7.04. The van der Waals surface area contributed by atoms with E-state index in [2.05, 4.69) is 22.0 Å². The molecular weight excluding hydrogens is 248 g/mol. The Balaban J connectivity index is 1.54. The first-order chi connectivity index (χ1) is 9.92. The van der Waals surface area contributed by atoms with Gasteiger partial charge in [-0.05, 0) is 38.1 Å². The summed E-state index contributed by atoms with van der Waals surface area (Å²) < 4.78 is 5.80. The lowest BCUT2D eigenvalue weighted by atomic mass is 10.2. The number of pyridine rings is 1. The minimum absolute atomic E-state index is 0.728. The third kappa shape index (κ3) is 3.48. The molecule has 0 unspecified atom stereocenters. The zero-order chi connectivity index (χ0) is 13.6. The highest BCUT2D eigenvalue weighted by Crippen LogP contribution is 2.16. The molecule has 3 nitrogen and oxygen atoms in total. The van der Waals surface area contributed by atoms with Crippen LogP contribution in [-0.2, 0) is 0 Å². The van der Waals surface area contributed by atoms with Gasteiger partial charge in [0.25, 0.3) is 0 Å². The summed E-state index contributed by atoms with van der Waals surface area (Å²) in [5.74, 6) is 0.735. The highest BCUT2D eigenvalue weighted by molar-refractivity contribution is 5.78. The summed E-state index contributed by atoms with van der Waals surface area (Å²) in [6, 6.07) is 12.2. The van der Waals surface area contributed by atoms with Crippen molar-refractivity contribution in [1.29, 1.82) is 0 Å². The van der Waals surface area contributed by atoms with E-state index in [4.69, 9.17) is 4.74 Å². The van der Waals surface area contributed by atoms with Crippen LogP contribution in [0.5, 0.6) is 5.88 Å². The second kappa shape index (κ2) is 6.71. The number of ether oxygens (including phenoxy) is 1. The molecule has 1 aliphatic heterocycles. The topological polar surface area (TPSA) is 25.4 Å². The van der Waals surface area contributed by atoms with Gasteiger partial charge in [0.15, 0.2) is 0 Å². The molecule has 3 heteroatoms. The lowest BCUT2D eigenvalue weighted by Crippen LogP contribution is -2.29. The molecule has 0 amide bonds. The highest BCUT2D eigenvalue weighted by Gasteiger charge is 2.08. The lowest BCUT2D eigenvalue weighted by molar-refractivity contribution is 0.210. The van der Waals surface area contributed by atoms with E-state index in [1.54, 1.807) is 0 Å². The number of para-hydroxylation sites is 1. The molecule has 0 spiro atoms. The van der Waals surface area contributed by atoms with Crippen LogP contribution in [0.3, 0.4) is 0 Å². The van der Waals surface area contributed by atoms with Crippen LogP contribution in [0, 0.1) is 0 Å². The molecule has 2 aromatic rings. The van der Waals surface area contributed by atoms with Gasteiger partial charge in [0.05, 0.1) is 5.52 Å². The number of likely N-dealkylation sites (tertiary alicyclic amines) is 1. The van der Waals surface area contributed by atoms with Crippen molar-refractivity contribution in [1.82, 2.24) is 9.88 Å². The number of hydrogen-bond donors (Lipinski definition) is 0. The Hall–Kier alpha value is -1.61. The first kappa shape index (κ1) is 13.4. The van der Waals surface area contributed by atoms with Gasteiger partial charge in [-0.25, -0.2) is 4.98 Å². The molecular formula is C17H22N2O. The van der Waals surface area contributed by atoms with Crippen molar-refractivity contribution in [3.63, 3.8) is 0 Å². The molecule has 0 aliphatic carbocycles. The Kier molecular flexibility index (Phi) is 4.49. The Morgan fingerprint density at radius 3 is 2.60 bits per heavy atom. The van der Waals surface area contributed by atoms with Crippen molar-refractivity contribution < 1.29 is 4.74 Å². The fourth-order valence-electron chi connectivity index (χ4n) is 2.77. The SMILES string of the molecule is c1ccc2nc(OCCN3CCCCCC3)ccc2c1. The van der Waals surface area contributed by atoms with E-state index in [9.17, 15) is 0 Å². The van der Waals surface area contributed by atoms with Crippen molar-refractivity contribution in [3.8, 4) is 5.88 Å². The van der Waals surface area contributed by atoms with E-state index in [0.29, 0.717) is 0 Å². The van der Waals surface area contributed by atoms with Crippen LogP contribution in [0.4, 0.5) is 0 Å². The van der Waals surface area contributed by atoms with Gasteiger partial charge >= 0.3 is 0 Å². The predicted octanol–water partition coefficient (Wildman–Crippen LogP) is 3.49. The Labute approximate surface area is 120 Å². The molecule has 1 aromatic heterocycles. The molecule has 0 N–H and O–H groups in total. The Morgan fingerprint density at radius 1 is 0.950 bits per heavy atom. The average molecular weight is 270 g/mol. The van der Waals surface area contributed by atoms with Crippen LogP contribution in [0.2, 0.25) is 0 Å². The number of fused-ring (bicyclic) bond motifs is 1. The van der Waals surface area contributed by atoms with Crippen molar-refractivity contribution >= 4 is 10.9 Å². The van der Waals surface area contributed by atoms with Crippen LogP contribution in [-0.4, -0.2) is 36.1 Å². The number of benzene rings is 1. The van der Waals surface area contributed by atoms with Crippen molar-refractivity contribution in [3.05, 3.63) is 36.4 Å². The van der Waals surface area contributed by atoms with Gasteiger partial charge in [-0.15, -0.1) is 0 Å². The lowest BCUT2D eigenvalue weighted by Gasteiger charge is -2.19. The maximum absolute atomic E-state index is 5.80. The smallest absolute Gasteiger partial charge is 0.213 e. The van der Waals surface area contributed by atoms with Gasteiger partial charge in [-0.1, -0.05) is 31.0 Å². The first-order valence-corrected chi connectivity index (χ1v) is 7.63. The van der Waals surface area contributed by atoms with E-state index >= 15 is 0 Å². The second-order valence-electron chi connectivity index (χ2n) is 5.45. The monoisotopic (exact) mass is 270 g/mol. The quantitative estimate of drug-likeness (QED) is 0.850. The molecule has 3 rings (SSSR count). The molecule has 2 heterocycles. The minimum atomic E-state index is 0.728. The molecule has 1 fully saturated rings. The van der Waals surface area contributed by atoms with E-state index in [-0.39, 0.29) is 0 Å².